The van der Waals surface area contributed by atoms with Crippen LogP contribution in [-0.4, -0.2) is 35.4 Å². The summed E-state index contributed by atoms with van der Waals surface area (Å²) in [5.41, 5.74) is 7.31. The van der Waals surface area contributed by atoms with Crippen LogP contribution in [0.2, 0.25) is 0 Å². The second-order valence-electron chi connectivity index (χ2n) is 4.74. The molecule has 1 amide bonds. The van der Waals surface area contributed by atoms with Crippen molar-refractivity contribution in [2.45, 2.75) is 25.8 Å². The number of likely N-dealkylation sites (N-methyl/N-ethyl adjacent to an activating group) is 1. The van der Waals surface area contributed by atoms with Crippen molar-refractivity contribution in [2.75, 3.05) is 13.6 Å². The molecule has 4 heteroatoms. The van der Waals surface area contributed by atoms with E-state index in [4.69, 9.17) is 5.73 Å². The molecule has 0 bridgehead atoms. The van der Waals surface area contributed by atoms with E-state index in [9.17, 15) is 4.79 Å². The van der Waals surface area contributed by atoms with E-state index in [0.29, 0.717) is 18.0 Å². The number of hydrogen-bond acceptors (Lipinski definition) is 3. The molecule has 1 aliphatic carbocycles. The van der Waals surface area contributed by atoms with Crippen molar-refractivity contribution in [1.29, 1.82) is 0 Å². The fourth-order valence-corrected chi connectivity index (χ4v) is 2.18. The quantitative estimate of drug-likeness (QED) is 0.850. The summed E-state index contributed by atoms with van der Waals surface area (Å²) in [4.78, 5) is 18.2. The standard InChI is InChI=1S/C13H19N3O/c1-9-7-11(5-6-15-9)13(17)16(2)12(8-14)10-3-4-10/h5-7,10,12H,3-4,8,14H2,1-2H3. The highest BCUT2D eigenvalue weighted by Gasteiger charge is 2.34. The van der Waals surface area contributed by atoms with Crippen molar-refractivity contribution in [3.05, 3.63) is 29.6 Å². The summed E-state index contributed by atoms with van der Waals surface area (Å²) in [6.07, 6.45) is 4.05. The van der Waals surface area contributed by atoms with Gasteiger partial charge in [-0.2, -0.15) is 0 Å². The number of pyridine rings is 1. The number of rotatable bonds is 4. The number of aromatic nitrogens is 1. The molecule has 1 atom stereocenters. The second kappa shape index (κ2) is 4.84. The predicted octanol–water partition coefficient (Wildman–Crippen LogP) is 1.20. The molecule has 17 heavy (non-hydrogen) atoms. The third kappa shape index (κ3) is 2.64. The summed E-state index contributed by atoms with van der Waals surface area (Å²) < 4.78 is 0. The maximum atomic E-state index is 12.3. The third-order valence-corrected chi connectivity index (χ3v) is 3.37. The molecule has 1 aromatic heterocycles. The van der Waals surface area contributed by atoms with Crippen LogP contribution < -0.4 is 5.73 Å². The summed E-state index contributed by atoms with van der Waals surface area (Å²) in [6, 6.07) is 3.75. The van der Waals surface area contributed by atoms with Crippen LogP contribution in [0.25, 0.3) is 0 Å². The number of carbonyl (C=O) groups is 1. The fraction of sp³-hybridized carbons (Fsp3) is 0.538. The maximum Gasteiger partial charge on any atom is 0.254 e. The lowest BCUT2D eigenvalue weighted by atomic mass is 10.1. The van der Waals surface area contributed by atoms with Crippen molar-refractivity contribution >= 4 is 5.91 Å². The Morgan fingerprint density at radius 2 is 2.35 bits per heavy atom. The molecule has 0 aromatic carbocycles. The van der Waals surface area contributed by atoms with Crippen LogP contribution in [0.5, 0.6) is 0 Å². The SMILES string of the molecule is Cc1cc(C(=O)N(C)C(CN)C2CC2)ccn1. The van der Waals surface area contributed by atoms with Crippen LogP contribution in [0, 0.1) is 12.8 Å². The first-order valence-corrected chi connectivity index (χ1v) is 6.03. The lowest BCUT2D eigenvalue weighted by molar-refractivity contribution is 0.0718. The average Bonchev–Trinajstić information content (AvgIpc) is 3.13. The van der Waals surface area contributed by atoms with Gasteiger partial charge < -0.3 is 10.6 Å². The van der Waals surface area contributed by atoms with E-state index in [1.165, 1.54) is 12.8 Å². The van der Waals surface area contributed by atoms with E-state index < -0.39 is 0 Å². The molecule has 1 fully saturated rings. The van der Waals surface area contributed by atoms with Crippen molar-refractivity contribution in [3.8, 4) is 0 Å². The van der Waals surface area contributed by atoms with Gasteiger partial charge in [-0.1, -0.05) is 0 Å². The Labute approximate surface area is 102 Å². The third-order valence-electron chi connectivity index (χ3n) is 3.37. The Morgan fingerprint density at radius 3 is 2.88 bits per heavy atom. The first-order valence-electron chi connectivity index (χ1n) is 6.03. The van der Waals surface area contributed by atoms with Crippen molar-refractivity contribution in [2.24, 2.45) is 11.7 Å². The zero-order valence-corrected chi connectivity index (χ0v) is 10.4. The zero-order chi connectivity index (χ0) is 12.4. The Hall–Kier alpha value is -1.42. The highest BCUT2D eigenvalue weighted by atomic mass is 16.2. The minimum atomic E-state index is 0.0397. The molecular weight excluding hydrogens is 214 g/mol. The highest BCUT2D eigenvalue weighted by Crippen LogP contribution is 2.34. The normalized spacial score (nSPS) is 16.6. The smallest absolute Gasteiger partial charge is 0.254 e. The summed E-state index contributed by atoms with van der Waals surface area (Å²) in [5.74, 6) is 0.634. The summed E-state index contributed by atoms with van der Waals surface area (Å²) in [7, 11) is 1.84. The topological polar surface area (TPSA) is 59.2 Å². The van der Waals surface area contributed by atoms with Gasteiger partial charge in [0, 0.05) is 37.1 Å². The molecule has 0 saturated heterocycles. The van der Waals surface area contributed by atoms with Gasteiger partial charge in [-0.25, -0.2) is 0 Å². The Bertz CT molecular complexity index is 415. The van der Waals surface area contributed by atoms with Crippen LogP contribution in [0.15, 0.2) is 18.3 Å². The van der Waals surface area contributed by atoms with Crippen LogP contribution in [0.1, 0.15) is 28.9 Å². The number of amides is 1. The summed E-state index contributed by atoms with van der Waals surface area (Å²) in [5, 5.41) is 0. The molecule has 92 valence electrons. The number of carbonyl (C=O) groups excluding carboxylic acids is 1. The molecule has 2 N–H and O–H groups in total. The molecule has 4 nitrogen and oxygen atoms in total. The van der Waals surface area contributed by atoms with Gasteiger partial charge in [0.1, 0.15) is 0 Å². The van der Waals surface area contributed by atoms with Gasteiger partial charge in [-0.05, 0) is 37.8 Å². The van der Waals surface area contributed by atoms with E-state index in [2.05, 4.69) is 4.98 Å². The van der Waals surface area contributed by atoms with Crippen LogP contribution >= 0.6 is 0 Å². The Kier molecular flexibility index (Phi) is 3.43. The maximum absolute atomic E-state index is 12.3. The number of nitrogens with two attached hydrogens (primary N) is 1. The molecule has 1 saturated carbocycles. The number of hydrogen-bond donors (Lipinski definition) is 1. The first-order chi connectivity index (χ1) is 8.13. The Morgan fingerprint density at radius 1 is 1.65 bits per heavy atom. The minimum Gasteiger partial charge on any atom is -0.337 e. The van der Waals surface area contributed by atoms with Gasteiger partial charge in [0.05, 0.1) is 0 Å². The number of nitrogens with zero attached hydrogens (tertiary/aromatic N) is 2. The first kappa shape index (κ1) is 12.0. The van der Waals surface area contributed by atoms with E-state index in [1.807, 2.05) is 20.0 Å². The van der Waals surface area contributed by atoms with E-state index >= 15 is 0 Å². The van der Waals surface area contributed by atoms with Crippen LogP contribution in [0.4, 0.5) is 0 Å². The lowest BCUT2D eigenvalue weighted by Gasteiger charge is -2.27. The monoisotopic (exact) mass is 233 g/mol. The van der Waals surface area contributed by atoms with Gasteiger partial charge in [-0.3, -0.25) is 9.78 Å². The highest BCUT2D eigenvalue weighted by molar-refractivity contribution is 5.94. The van der Waals surface area contributed by atoms with Gasteiger partial charge in [0.2, 0.25) is 0 Å². The van der Waals surface area contributed by atoms with Gasteiger partial charge in [-0.15, -0.1) is 0 Å². The minimum absolute atomic E-state index is 0.0397. The summed E-state index contributed by atoms with van der Waals surface area (Å²) >= 11 is 0. The molecule has 1 aliphatic rings. The van der Waals surface area contributed by atoms with Crippen molar-refractivity contribution in [3.63, 3.8) is 0 Å². The number of aryl methyl sites for hydroxylation is 1. The molecular formula is C13H19N3O. The molecule has 0 aliphatic heterocycles. The van der Waals surface area contributed by atoms with Gasteiger partial charge in [0.15, 0.2) is 0 Å². The van der Waals surface area contributed by atoms with Gasteiger partial charge in [0.25, 0.3) is 5.91 Å². The van der Waals surface area contributed by atoms with Crippen LogP contribution in [0.3, 0.4) is 0 Å². The fourth-order valence-electron chi connectivity index (χ4n) is 2.18. The van der Waals surface area contributed by atoms with Crippen LogP contribution in [-0.2, 0) is 0 Å². The van der Waals surface area contributed by atoms with Crippen molar-refractivity contribution in [1.82, 2.24) is 9.88 Å². The van der Waals surface area contributed by atoms with E-state index in [1.54, 1.807) is 17.2 Å². The molecule has 1 heterocycles. The molecule has 1 unspecified atom stereocenters. The Balaban J connectivity index is 2.13. The largest absolute Gasteiger partial charge is 0.337 e. The van der Waals surface area contributed by atoms with E-state index in [-0.39, 0.29) is 11.9 Å². The van der Waals surface area contributed by atoms with Gasteiger partial charge >= 0.3 is 0 Å². The van der Waals surface area contributed by atoms with Crippen molar-refractivity contribution < 1.29 is 4.79 Å². The molecule has 0 spiro atoms. The average molecular weight is 233 g/mol. The molecule has 0 radical (unpaired) electrons. The lowest BCUT2D eigenvalue weighted by Crippen LogP contribution is -2.43. The van der Waals surface area contributed by atoms with E-state index in [0.717, 1.165) is 5.69 Å². The predicted molar refractivity (Wildman–Crippen MR) is 66.6 cm³/mol. The second-order valence-corrected chi connectivity index (χ2v) is 4.74. The molecule has 1 aromatic rings. The molecule has 2 rings (SSSR count). The summed E-state index contributed by atoms with van der Waals surface area (Å²) in [6.45, 7) is 2.43. The zero-order valence-electron chi connectivity index (χ0n) is 10.4.